The van der Waals surface area contributed by atoms with Gasteiger partial charge in [0.1, 0.15) is 5.75 Å². The maximum atomic E-state index is 5.55. The van der Waals surface area contributed by atoms with Gasteiger partial charge in [0.05, 0.1) is 13.2 Å². The van der Waals surface area contributed by atoms with Crippen LogP contribution in [0.4, 0.5) is 0 Å². The lowest BCUT2D eigenvalue weighted by atomic mass is 10.1. The number of ether oxygens (including phenoxy) is 2. The van der Waals surface area contributed by atoms with Gasteiger partial charge < -0.3 is 20.5 Å². The molecule has 0 aliphatic rings. The normalized spacial score (nSPS) is 12.4. The summed E-state index contributed by atoms with van der Waals surface area (Å²) < 4.78 is 10.7. The largest absolute Gasteiger partial charge is 0.494 e. The van der Waals surface area contributed by atoms with Crippen molar-refractivity contribution in [1.29, 1.82) is 0 Å². The molecule has 4 heteroatoms. The van der Waals surface area contributed by atoms with Gasteiger partial charge in [-0.25, -0.2) is 0 Å². The fraction of sp³-hybridized carbons (Fsp3) is 0.600. The zero-order valence-electron chi connectivity index (χ0n) is 12.0. The van der Waals surface area contributed by atoms with Crippen molar-refractivity contribution < 1.29 is 9.47 Å². The van der Waals surface area contributed by atoms with Crippen molar-refractivity contribution in [2.24, 2.45) is 5.73 Å². The first-order valence-corrected chi connectivity index (χ1v) is 6.94. The predicted octanol–water partition coefficient (Wildman–Crippen LogP) is 1.93. The molecule has 0 spiro atoms. The molecule has 0 fully saturated rings. The average Bonchev–Trinajstić information content (AvgIpc) is 2.43. The van der Waals surface area contributed by atoms with E-state index < -0.39 is 0 Å². The molecule has 1 atom stereocenters. The van der Waals surface area contributed by atoms with Crippen LogP contribution in [0.2, 0.25) is 0 Å². The van der Waals surface area contributed by atoms with Crippen molar-refractivity contribution in [2.45, 2.75) is 32.4 Å². The predicted molar refractivity (Wildman–Crippen MR) is 78.4 cm³/mol. The minimum absolute atomic E-state index is 0.351. The summed E-state index contributed by atoms with van der Waals surface area (Å²) in [7, 11) is 1.73. The van der Waals surface area contributed by atoms with Crippen molar-refractivity contribution in [3.63, 3.8) is 0 Å². The molecule has 19 heavy (non-hydrogen) atoms. The van der Waals surface area contributed by atoms with Crippen molar-refractivity contribution in [3.05, 3.63) is 29.8 Å². The van der Waals surface area contributed by atoms with Crippen LogP contribution in [0.15, 0.2) is 24.3 Å². The maximum absolute atomic E-state index is 5.55. The Morgan fingerprint density at radius 3 is 2.89 bits per heavy atom. The van der Waals surface area contributed by atoms with E-state index in [1.54, 1.807) is 7.11 Å². The third-order valence-corrected chi connectivity index (χ3v) is 2.93. The molecule has 0 bridgehead atoms. The van der Waals surface area contributed by atoms with Crippen LogP contribution in [0, 0.1) is 0 Å². The molecule has 0 heterocycles. The van der Waals surface area contributed by atoms with E-state index in [0.29, 0.717) is 19.3 Å². The fourth-order valence-electron chi connectivity index (χ4n) is 1.98. The molecule has 3 N–H and O–H groups in total. The summed E-state index contributed by atoms with van der Waals surface area (Å²) >= 11 is 0. The fourth-order valence-corrected chi connectivity index (χ4v) is 1.98. The van der Waals surface area contributed by atoms with Crippen molar-refractivity contribution in [2.75, 3.05) is 26.9 Å². The molecule has 108 valence electrons. The third kappa shape index (κ3) is 6.57. The van der Waals surface area contributed by atoms with Crippen LogP contribution in [0.5, 0.6) is 5.75 Å². The van der Waals surface area contributed by atoms with Crippen LogP contribution in [-0.2, 0) is 11.3 Å². The van der Waals surface area contributed by atoms with Gasteiger partial charge in [-0.05, 0) is 44.0 Å². The van der Waals surface area contributed by atoms with Gasteiger partial charge in [0.15, 0.2) is 0 Å². The Labute approximate surface area is 116 Å². The highest BCUT2D eigenvalue weighted by Gasteiger charge is 2.07. The van der Waals surface area contributed by atoms with E-state index in [9.17, 15) is 0 Å². The van der Waals surface area contributed by atoms with Gasteiger partial charge in [-0.1, -0.05) is 12.1 Å². The summed E-state index contributed by atoms with van der Waals surface area (Å²) in [5.74, 6) is 0.923. The second kappa shape index (κ2) is 9.78. The monoisotopic (exact) mass is 266 g/mol. The summed E-state index contributed by atoms with van der Waals surface area (Å²) in [5.41, 5.74) is 6.77. The number of nitrogens with two attached hydrogens (primary N) is 1. The molecular formula is C15H26N2O2. The minimum Gasteiger partial charge on any atom is -0.494 e. The van der Waals surface area contributed by atoms with E-state index >= 15 is 0 Å². The standard InChI is InChI=1S/C15H26N2O2/c1-3-19-15-8-4-6-13(10-15)11-17-14(12-18-2)7-5-9-16/h4,6,8,10,14,17H,3,5,7,9,11-12,16H2,1-2H3. The Hall–Kier alpha value is -1.10. The maximum Gasteiger partial charge on any atom is 0.119 e. The third-order valence-electron chi connectivity index (χ3n) is 2.93. The molecule has 1 unspecified atom stereocenters. The van der Waals surface area contributed by atoms with E-state index in [-0.39, 0.29) is 0 Å². The molecule has 0 saturated carbocycles. The Morgan fingerprint density at radius 2 is 2.21 bits per heavy atom. The average molecular weight is 266 g/mol. The smallest absolute Gasteiger partial charge is 0.119 e. The van der Waals surface area contributed by atoms with Gasteiger partial charge in [0.2, 0.25) is 0 Å². The lowest BCUT2D eigenvalue weighted by Gasteiger charge is -2.18. The number of nitrogens with one attached hydrogen (secondary N) is 1. The van der Waals surface area contributed by atoms with E-state index in [0.717, 1.165) is 31.7 Å². The van der Waals surface area contributed by atoms with Gasteiger partial charge in [0.25, 0.3) is 0 Å². The van der Waals surface area contributed by atoms with E-state index in [4.69, 9.17) is 15.2 Å². The lowest BCUT2D eigenvalue weighted by Crippen LogP contribution is -2.33. The Bertz CT molecular complexity index is 345. The first kappa shape index (κ1) is 16.0. The zero-order valence-corrected chi connectivity index (χ0v) is 12.0. The van der Waals surface area contributed by atoms with Crippen molar-refractivity contribution >= 4 is 0 Å². The molecule has 0 saturated heterocycles. The number of hydrogen-bond acceptors (Lipinski definition) is 4. The van der Waals surface area contributed by atoms with E-state index in [2.05, 4.69) is 17.4 Å². The Balaban J connectivity index is 2.45. The molecule has 0 aliphatic heterocycles. The highest BCUT2D eigenvalue weighted by molar-refractivity contribution is 5.28. The quantitative estimate of drug-likeness (QED) is 0.679. The van der Waals surface area contributed by atoms with Crippen LogP contribution < -0.4 is 15.8 Å². The van der Waals surface area contributed by atoms with Crippen molar-refractivity contribution in [3.8, 4) is 5.75 Å². The minimum atomic E-state index is 0.351. The van der Waals surface area contributed by atoms with Crippen LogP contribution in [0.3, 0.4) is 0 Å². The van der Waals surface area contributed by atoms with Crippen LogP contribution in [0.1, 0.15) is 25.3 Å². The highest BCUT2D eigenvalue weighted by Crippen LogP contribution is 2.13. The molecule has 1 aromatic rings. The van der Waals surface area contributed by atoms with Crippen molar-refractivity contribution in [1.82, 2.24) is 5.32 Å². The van der Waals surface area contributed by atoms with Crippen LogP contribution in [0.25, 0.3) is 0 Å². The second-order valence-electron chi connectivity index (χ2n) is 4.54. The lowest BCUT2D eigenvalue weighted by molar-refractivity contribution is 0.161. The molecule has 1 rings (SSSR count). The van der Waals surface area contributed by atoms with Gasteiger partial charge in [0, 0.05) is 19.7 Å². The zero-order chi connectivity index (χ0) is 13.9. The number of rotatable bonds is 10. The number of benzene rings is 1. The molecule has 0 radical (unpaired) electrons. The number of hydrogen-bond donors (Lipinski definition) is 2. The van der Waals surface area contributed by atoms with E-state index in [1.807, 2.05) is 19.1 Å². The molecule has 0 aliphatic carbocycles. The Kier molecular flexibility index (Phi) is 8.21. The summed E-state index contributed by atoms with van der Waals surface area (Å²) in [4.78, 5) is 0. The first-order valence-electron chi connectivity index (χ1n) is 6.94. The molecule has 0 amide bonds. The summed E-state index contributed by atoms with van der Waals surface area (Å²) in [6.45, 7) is 4.94. The summed E-state index contributed by atoms with van der Waals surface area (Å²) in [5, 5.41) is 3.50. The molecule has 4 nitrogen and oxygen atoms in total. The molecular weight excluding hydrogens is 240 g/mol. The second-order valence-corrected chi connectivity index (χ2v) is 4.54. The molecule has 1 aromatic carbocycles. The summed E-state index contributed by atoms with van der Waals surface area (Å²) in [6.07, 6.45) is 2.05. The number of methoxy groups -OCH3 is 1. The topological polar surface area (TPSA) is 56.5 Å². The van der Waals surface area contributed by atoms with E-state index in [1.165, 1.54) is 5.56 Å². The highest BCUT2D eigenvalue weighted by atomic mass is 16.5. The van der Waals surface area contributed by atoms with Gasteiger partial charge in [-0.3, -0.25) is 0 Å². The van der Waals surface area contributed by atoms with Crippen LogP contribution >= 0.6 is 0 Å². The summed E-state index contributed by atoms with van der Waals surface area (Å²) in [6, 6.07) is 8.52. The Morgan fingerprint density at radius 1 is 1.37 bits per heavy atom. The van der Waals surface area contributed by atoms with Gasteiger partial charge in [-0.15, -0.1) is 0 Å². The van der Waals surface area contributed by atoms with Gasteiger partial charge in [-0.2, -0.15) is 0 Å². The first-order chi connectivity index (χ1) is 9.30. The van der Waals surface area contributed by atoms with Gasteiger partial charge >= 0.3 is 0 Å². The van der Waals surface area contributed by atoms with Crippen LogP contribution in [-0.4, -0.2) is 32.9 Å². The molecule has 0 aromatic heterocycles. The SMILES string of the molecule is CCOc1cccc(CNC(CCCN)COC)c1.